The van der Waals surface area contributed by atoms with Crippen molar-refractivity contribution < 1.29 is 19.1 Å². The Morgan fingerprint density at radius 3 is 2.41 bits per heavy atom. The van der Waals surface area contributed by atoms with Crippen LogP contribution >= 0.6 is 0 Å². The second kappa shape index (κ2) is 11.7. The first-order chi connectivity index (χ1) is 18.7. The number of likely N-dealkylation sites (tertiary alicyclic amines) is 2. The van der Waals surface area contributed by atoms with Gasteiger partial charge in [-0.05, 0) is 65.7 Å². The SMILES string of the molecule is CCOC1CC(C2=CC(=O)NCC2)CC(C)N1C1=CC(=O)N(C2CCN(C3=CC(=O)NC(C)C3)C(C)C2)CC1. The maximum atomic E-state index is 13.5. The highest BCUT2D eigenvalue weighted by atomic mass is 16.5. The molecular formula is C30H45N5O4. The Morgan fingerprint density at radius 2 is 1.72 bits per heavy atom. The molecule has 5 aliphatic rings. The van der Waals surface area contributed by atoms with Gasteiger partial charge in [0.2, 0.25) is 17.7 Å². The lowest BCUT2D eigenvalue weighted by atomic mass is 9.81. The molecule has 2 N–H and O–H groups in total. The van der Waals surface area contributed by atoms with Gasteiger partial charge in [-0.15, -0.1) is 0 Å². The molecule has 2 fully saturated rings. The number of hydrogen-bond acceptors (Lipinski definition) is 6. The van der Waals surface area contributed by atoms with Crippen LogP contribution in [0.2, 0.25) is 0 Å². The highest BCUT2D eigenvalue weighted by Gasteiger charge is 2.40. The third kappa shape index (κ3) is 6.03. The number of rotatable bonds is 6. The number of nitrogens with one attached hydrogen (secondary N) is 2. The van der Waals surface area contributed by atoms with E-state index >= 15 is 0 Å². The molecule has 9 nitrogen and oxygen atoms in total. The van der Waals surface area contributed by atoms with Crippen LogP contribution < -0.4 is 10.6 Å². The van der Waals surface area contributed by atoms with Crippen molar-refractivity contribution in [3.63, 3.8) is 0 Å². The molecule has 0 bridgehead atoms. The van der Waals surface area contributed by atoms with Crippen molar-refractivity contribution in [2.45, 2.75) is 103 Å². The van der Waals surface area contributed by atoms with Crippen molar-refractivity contribution in [1.82, 2.24) is 25.3 Å². The van der Waals surface area contributed by atoms with Crippen LogP contribution in [0.5, 0.6) is 0 Å². The second-order valence-corrected chi connectivity index (χ2v) is 12.0. The Morgan fingerprint density at radius 1 is 0.897 bits per heavy atom. The van der Waals surface area contributed by atoms with E-state index in [1.807, 2.05) is 19.9 Å². The Kier molecular flexibility index (Phi) is 8.35. The average Bonchev–Trinajstić information content (AvgIpc) is 2.88. The molecule has 9 heteroatoms. The Hall–Kier alpha value is -2.81. The van der Waals surface area contributed by atoms with E-state index in [9.17, 15) is 14.4 Å². The quantitative estimate of drug-likeness (QED) is 0.539. The number of ether oxygens (including phenoxy) is 1. The third-order valence-corrected chi connectivity index (χ3v) is 9.18. The number of nitrogens with zero attached hydrogens (tertiary/aromatic N) is 3. The molecule has 5 aliphatic heterocycles. The van der Waals surface area contributed by atoms with Crippen molar-refractivity contribution in [3.05, 3.63) is 35.2 Å². The fraction of sp³-hybridized carbons (Fsp3) is 0.700. The summed E-state index contributed by atoms with van der Waals surface area (Å²) < 4.78 is 6.24. The lowest BCUT2D eigenvalue weighted by Crippen LogP contribution is -2.54. The Bertz CT molecular complexity index is 1070. The molecule has 5 rings (SSSR count). The van der Waals surface area contributed by atoms with E-state index in [1.165, 1.54) is 5.57 Å². The first-order valence-electron chi connectivity index (χ1n) is 14.9. The summed E-state index contributed by atoms with van der Waals surface area (Å²) in [5, 5.41) is 5.85. The van der Waals surface area contributed by atoms with E-state index in [0.717, 1.165) is 69.4 Å². The van der Waals surface area contributed by atoms with E-state index in [-0.39, 0.29) is 48.1 Å². The molecule has 214 valence electrons. The summed E-state index contributed by atoms with van der Waals surface area (Å²) in [7, 11) is 0. The van der Waals surface area contributed by atoms with E-state index in [0.29, 0.717) is 19.1 Å². The van der Waals surface area contributed by atoms with Gasteiger partial charge in [-0.3, -0.25) is 14.4 Å². The van der Waals surface area contributed by atoms with Gasteiger partial charge in [-0.1, -0.05) is 5.57 Å². The van der Waals surface area contributed by atoms with E-state index in [2.05, 4.69) is 39.2 Å². The predicted octanol–water partition coefficient (Wildman–Crippen LogP) is 2.66. The van der Waals surface area contributed by atoms with Gasteiger partial charge in [0.25, 0.3) is 0 Å². The van der Waals surface area contributed by atoms with Crippen molar-refractivity contribution in [1.29, 1.82) is 0 Å². The summed E-state index contributed by atoms with van der Waals surface area (Å²) in [5.74, 6) is 0.431. The van der Waals surface area contributed by atoms with Crippen LogP contribution in [-0.4, -0.2) is 89.1 Å². The monoisotopic (exact) mass is 539 g/mol. The molecular weight excluding hydrogens is 494 g/mol. The van der Waals surface area contributed by atoms with E-state index in [1.54, 1.807) is 12.2 Å². The van der Waals surface area contributed by atoms with Crippen LogP contribution in [0, 0.1) is 5.92 Å². The second-order valence-electron chi connectivity index (χ2n) is 12.0. The lowest BCUT2D eigenvalue weighted by Gasteiger charge is -2.49. The summed E-state index contributed by atoms with van der Waals surface area (Å²) >= 11 is 0. The zero-order valence-electron chi connectivity index (χ0n) is 23.9. The zero-order chi connectivity index (χ0) is 27.7. The summed E-state index contributed by atoms with van der Waals surface area (Å²) in [5.41, 5.74) is 3.43. The fourth-order valence-electron chi connectivity index (χ4n) is 7.44. The number of amides is 3. The van der Waals surface area contributed by atoms with Crippen molar-refractivity contribution in [3.8, 4) is 0 Å². The molecule has 0 aromatic carbocycles. The highest BCUT2D eigenvalue weighted by molar-refractivity contribution is 5.90. The molecule has 2 saturated heterocycles. The lowest BCUT2D eigenvalue weighted by molar-refractivity contribution is -0.132. The van der Waals surface area contributed by atoms with Crippen LogP contribution in [0.1, 0.15) is 72.6 Å². The minimum absolute atomic E-state index is 0.00784. The maximum Gasteiger partial charge on any atom is 0.248 e. The third-order valence-electron chi connectivity index (χ3n) is 9.18. The minimum atomic E-state index is -0.0909. The van der Waals surface area contributed by atoms with Gasteiger partial charge in [0.05, 0.1) is 0 Å². The molecule has 5 heterocycles. The summed E-state index contributed by atoms with van der Waals surface area (Å²) in [6.45, 7) is 11.4. The van der Waals surface area contributed by atoms with Gasteiger partial charge in [0.1, 0.15) is 6.23 Å². The van der Waals surface area contributed by atoms with Gasteiger partial charge >= 0.3 is 0 Å². The van der Waals surface area contributed by atoms with E-state index in [4.69, 9.17) is 4.74 Å². The van der Waals surface area contributed by atoms with Crippen molar-refractivity contribution in [2.24, 2.45) is 5.92 Å². The number of piperidine rings is 2. The average molecular weight is 540 g/mol. The topological polar surface area (TPSA) is 94.2 Å². The normalized spacial score (nSPS) is 34.2. The smallest absolute Gasteiger partial charge is 0.248 e. The number of hydrogen-bond donors (Lipinski definition) is 2. The zero-order valence-corrected chi connectivity index (χ0v) is 23.9. The fourth-order valence-corrected chi connectivity index (χ4v) is 7.44. The Labute approximate surface area is 232 Å². The van der Waals surface area contributed by atoms with Crippen molar-refractivity contribution >= 4 is 17.7 Å². The van der Waals surface area contributed by atoms with Crippen LogP contribution in [0.3, 0.4) is 0 Å². The molecule has 39 heavy (non-hydrogen) atoms. The van der Waals surface area contributed by atoms with E-state index < -0.39 is 0 Å². The molecule has 6 unspecified atom stereocenters. The molecule has 0 aromatic rings. The number of carbonyl (C=O) groups is 3. The molecule has 0 saturated carbocycles. The molecule has 3 amide bonds. The number of carbonyl (C=O) groups excluding carboxylic acids is 3. The summed E-state index contributed by atoms with van der Waals surface area (Å²) in [6, 6.07) is 0.876. The molecule has 0 radical (unpaired) electrons. The minimum Gasteiger partial charge on any atom is -0.372 e. The molecule has 6 atom stereocenters. The molecule has 0 spiro atoms. The van der Waals surface area contributed by atoms with Crippen LogP contribution in [0.4, 0.5) is 0 Å². The first kappa shape index (κ1) is 27.7. The van der Waals surface area contributed by atoms with Gasteiger partial charge in [-0.25, -0.2) is 0 Å². The van der Waals surface area contributed by atoms with Crippen molar-refractivity contribution in [2.75, 3.05) is 26.2 Å². The standard InChI is InChI=1S/C30H45N5O4/c1-5-39-30-16-23(22-6-9-31-27(36)15-22)13-21(4)35(30)25-8-11-34(29(38)18-25)24-7-10-33(20(3)14-24)26-12-19(2)32-28(37)17-26/h15,17-21,23-24,30H,5-14,16H2,1-4H3,(H,31,36)(H,32,37). The summed E-state index contributed by atoms with van der Waals surface area (Å²) in [6.07, 6.45) is 11.5. The predicted molar refractivity (Wildman–Crippen MR) is 149 cm³/mol. The van der Waals surface area contributed by atoms with Gasteiger partial charge in [0, 0.05) is 92.9 Å². The van der Waals surface area contributed by atoms with Crippen LogP contribution in [0.15, 0.2) is 35.2 Å². The van der Waals surface area contributed by atoms with Crippen LogP contribution in [-0.2, 0) is 19.1 Å². The van der Waals surface area contributed by atoms with Crippen LogP contribution in [0.25, 0.3) is 0 Å². The largest absolute Gasteiger partial charge is 0.372 e. The summed E-state index contributed by atoms with van der Waals surface area (Å²) in [4.78, 5) is 44.3. The molecule has 0 aliphatic carbocycles. The molecule has 0 aromatic heterocycles. The Balaban J connectivity index is 1.24. The maximum absolute atomic E-state index is 13.5. The van der Waals surface area contributed by atoms with Gasteiger partial charge in [-0.2, -0.15) is 0 Å². The van der Waals surface area contributed by atoms with Gasteiger partial charge in [0.15, 0.2) is 0 Å². The van der Waals surface area contributed by atoms with Gasteiger partial charge < -0.3 is 30.1 Å². The highest BCUT2D eigenvalue weighted by Crippen LogP contribution is 2.39. The first-order valence-corrected chi connectivity index (χ1v) is 14.9.